The fraction of sp³-hybridized carbons (Fsp3) is 0.111. The summed E-state index contributed by atoms with van der Waals surface area (Å²) in [5.41, 5.74) is 1.60. The van der Waals surface area contributed by atoms with Crippen LogP contribution in [0, 0.1) is 11.3 Å². The molecule has 0 bridgehead atoms. The first-order valence-electron chi connectivity index (χ1n) is 6.72. The Kier molecular flexibility index (Phi) is 4.89. The number of para-hydroxylation sites is 1. The summed E-state index contributed by atoms with van der Waals surface area (Å²) in [6, 6.07) is 20.1. The largest absolute Gasteiger partial charge is 0.422 e. The zero-order valence-corrected chi connectivity index (χ0v) is 11.7. The highest BCUT2D eigenvalue weighted by Crippen LogP contribution is 2.23. The number of benzene rings is 2. The van der Waals surface area contributed by atoms with Crippen molar-refractivity contribution in [2.24, 2.45) is 0 Å². The van der Waals surface area contributed by atoms with E-state index >= 15 is 0 Å². The zero-order valence-electron chi connectivity index (χ0n) is 11.7. The van der Waals surface area contributed by atoms with E-state index in [1.165, 1.54) is 0 Å². The summed E-state index contributed by atoms with van der Waals surface area (Å²) in [5, 5.41) is 9.33. The Morgan fingerprint density at radius 3 is 2.14 bits per heavy atom. The van der Waals surface area contributed by atoms with Crippen molar-refractivity contribution < 1.29 is 9.53 Å². The topological polar surface area (TPSA) is 50.1 Å². The summed E-state index contributed by atoms with van der Waals surface area (Å²) in [6.45, 7) is 1.91. The van der Waals surface area contributed by atoms with Crippen molar-refractivity contribution in [3.63, 3.8) is 0 Å². The highest BCUT2D eigenvalue weighted by molar-refractivity contribution is 6.02. The van der Waals surface area contributed by atoms with Crippen molar-refractivity contribution >= 4 is 11.5 Å². The second kappa shape index (κ2) is 7.06. The van der Waals surface area contributed by atoms with Crippen LogP contribution < -0.4 is 4.74 Å². The highest BCUT2D eigenvalue weighted by Gasteiger charge is 2.17. The molecule has 0 unspecified atom stereocenters. The van der Waals surface area contributed by atoms with Gasteiger partial charge in [-0.1, -0.05) is 55.5 Å². The highest BCUT2D eigenvalue weighted by atomic mass is 16.5. The Labute approximate surface area is 124 Å². The zero-order chi connectivity index (χ0) is 15.1. The van der Waals surface area contributed by atoms with Crippen LogP contribution in [0.15, 0.2) is 66.2 Å². The fourth-order valence-corrected chi connectivity index (χ4v) is 2.05. The van der Waals surface area contributed by atoms with Crippen LogP contribution in [0.5, 0.6) is 5.75 Å². The van der Waals surface area contributed by atoms with Gasteiger partial charge in [0.1, 0.15) is 17.4 Å². The number of hydrogen-bond donors (Lipinski definition) is 0. The Hall–Kier alpha value is -2.86. The summed E-state index contributed by atoms with van der Waals surface area (Å²) >= 11 is 0. The molecule has 0 amide bonds. The summed E-state index contributed by atoms with van der Waals surface area (Å²) in [5.74, 6) is -0.192. The maximum Gasteiger partial charge on any atom is 0.354 e. The van der Waals surface area contributed by atoms with Crippen LogP contribution in [0.25, 0.3) is 5.57 Å². The molecule has 0 fully saturated rings. The van der Waals surface area contributed by atoms with Crippen molar-refractivity contribution in [1.82, 2.24) is 0 Å². The maximum atomic E-state index is 12.2. The number of hydrogen-bond acceptors (Lipinski definition) is 3. The molecule has 0 aliphatic carbocycles. The second-order valence-corrected chi connectivity index (χ2v) is 4.39. The standard InChI is InChI=1S/C18H15NO2/c1-2-16(14-9-5-3-6-10-14)17(13-19)18(20)21-15-11-7-4-8-12-15/h3-12H,2H2,1H3. The van der Waals surface area contributed by atoms with Crippen molar-refractivity contribution in [3.05, 3.63) is 71.8 Å². The Morgan fingerprint density at radius 1 is 1.05 bits per heavy atom. The fourth-order valence-electron chi connectivity index (χ4n) is 2.05. The molecule has 0 heterocycles. The molecule has 0 aromatic heterocycles. The van der Waals surface area contributed by atoms with Crippen LogP contribution in [-0.4, -0.2) is 5.97 Å². The SMILES string of the molecule is CCC(=C(C#N)C(=O)Oc1ccccc1)c1ccccc1. The van der Waals surface area contributed by atoms with E-state index in [2.05, 4.69) is 0 Å². The molecule has 3 nitrogen and oxygen atoms in total. The third-order valence-electron chi connectivity index (χ3n) is 3.05. The predicted molar refractivity (Wildman–Crippen MR) is 81.3 cm³/mol. The van der Waals surface area contributed by atoms with Gasteiger partial charge in [0, 0.05) is 0 Å². The van der Waals surface area contributed by atoms with Gasteiger partial charge in [0.15, 0.2) is 0 Å². The van der Waals surface area contributed by atoms with Crippen LogP contribution in [0.2, 0.25) is 0 Å². The van der Waals surface area contributed by atoms with E-state index in [4.69, 9.17) is 4.74 Å². The molecule has 0 aliphatic heterocycles. The average molecular weight is 277 g/mol. The van der Waals surface area contributed by atoms with Gasteiger partial charge in [-0.05, 0) is 29.7 Å². The van der Waals surface area contributed by atoms with Crippen LogP contribution >= 0.6 is 0 Å². The van der Waals surface area contributed by atoms with Gasteiger partial charge in [-0.2, -0.15) is 5.26 Å². The lowest BCUT2D eigenvalue weighted by molar-refractivity contribution is -0.129. The molecule has 0 N–H and O–H groups in total. The molecule has 0 radical (unpaired) electrons. The molecule has 2 rings (SSSR count). The van der Waals surface area contributed by atoms with Gasteiger partial charge in [0.25, 0.3) is 0 Å². The van der Waals surface area contributed by atoms with Gasteiger partial charge < -0.3 is 4.74 Å². The van der Waals surface area contributed by atoms with Gasteiger partial charge in [0.2, 0.25) is 0 Å². The third-order valence-corrected chi connectivity index (χ3v) is 3.05. The van der Waals surface area contributed by atoms with Gasteiger partial charge in [-0.3, -0.25) is 0 Å². The number of esters is 1. The van der Waals surface area contributed by atoms with Crippen molar-refractivity contribution in [2.45, 2.75) is 13.3 Å². The van der Waals surface area contributed by atoms with Crippen LogP contribution in [0.1, 0.15) is 18.9 Å². The summed E-state index contributed by atoms with van der Waals surface area (Å²) < 4.78 is 5.25. The normalized spacial score (nSPS) is 11.2. The van der Waals surface area contributed by atoms with E-state index in [1.54, 1.807) is 24.3 Å². The first-order chi connectivity index (χ1) is 10.3. The van der Waals surface area contributed by atoms with Gasteiger partial charge in [-0.15, -0.1) is 0 Å². The van der Waals surface area contributed by atoms with E-state index in [1.807, 2.05) is 49.4 Å². The molecule has 0 saturated heterocycles. The van der Waals surface area contributed by atoms with Crippen molar-refractivity contribution in [1.29, 1.82) is 5.26 Å². The minimum atomic E-state index is -0.621. The number of carbonyl (C=O) groups is 1. The Bertz CT molecular complexity index is 682. The molecule has 2 aromatic carbocycles. The number of allylic oxidation sites excluding steroid dienone is 1. The molecular formula is C18H15NO2. The molecule has 0 atom stereocenters. The molecule has 0 aliphatic rings. The molecule has 0 saturated carbocycles. The van der Waals surface area contributed by atoms with Crippen LogP contribution in [-0.2, 0) is 4.79 Å². The summed E-state index contributed by atoms with van der Waals surface area (Å²) in [6.07, 6.45) is 0.580. The Balaban J connectivity index is 2.35. The lowest BCUT2D eigenvalue weighted by Crippen LogP contribution is -2.12. The molecule has 2 aromatic rings. The molecular weight excluding hydrogens is 262 g/mol. The van der Waals surface area contributed by atoms with Gasteiger partial charge >= 0.3 is 5.97 Å². The van der Waals surface area contributed by atoms with Crippen LogP contribution in [0.4, 0.5) is 0 Å². The second-order valence-electron chi connectivity index (χ2n) is 4.39. The first kappa shape index (κ1) is 14.5. The number of nitriles is 1. The molecule has 3 heteroatoms. The maximum absolute atomic E-state index is 12.2. The lowest BCUT2D eigenvalue weighted by Gasteiger charge is -2.09. The summed E-state index contributed by atoms with van der Waals surface area (Å²) in [4.78, 5) is 12.2. The number of rotatable bonds is 4. The Morgan fingerprint density at radius 2 is 1.62 bits per heavy atom. The lowest BCUT2D eigenvalue weighted by atomic mass is 9.98. The molecule has 21 heavy (non-hydrogen) atoms. The van der Waals surface area contributed by atoms with E-state index in [0.29, 0.717) is 17.7 Å². The van der Waals surface area contributed by atoms with Gasteiger partial charge in [-0.25, -0.2) is 4.79 Å². The molecule has 0 spiro atoms. The van der Waals surface area contributed by atoms with Crippen molar-refractivity contribution in [2.75, 3.05) is 0 Å². The smallest absolute Gasteiger partial charge is 0.354 e. The van der Waals surface area contributed by atoms with Gasteiger partial charge in [0.05, 0.1) is 0 Å². The quantitative estimate of drug-likeness (QED) is 0.367. The van der Waals surface area contributed by atoms with Crippen LogP contribution in [0.3, 0.4) is 0 Å². The first-order valence-corrected chi connectivity index (χ1v) is 6.72. The monoisotopic (exact) mass is 277 g/mol. The van der Waals surface area contributed by atoms with E-state index in [-0.39, 0.29) is 5.57 Å². The van der Waals surface area contributed by atoms with E-state index in [0.717, 1.165) is 5.56 Å². The molecule has 104 valence electrons. The number of nitrogens with zero attached hydrogens (tertiary/aromatic N) is 1. The summed E-state index contributed by atoms with van der Waals surface area (Å²) in [7, 11) is 0. The third kappa shape index (κ3) is 3.58. The predicted octanol–water partition coefficient (Wildman–Crippen LogP) is 3.98. The van der Waals surface area contributed by atoms with E-state index < -0.39 is 5.97 Å². The number of carbonyl (C=O) groups excluding carboxylic acids is 1. The average Bonchev–Trinajstić information content (AvgIpc) is 2.54. The van der Waals surface area contributed by atoms with E-state index in [9.17, 15) is 10.1 Å². The minimum Gasteiger partial charge on any atom is -0.422 e. The van der Waals surface area contributed by atoms with Crippen molar-refractivity contribution in [3.8, 4) is 11.8 Å². The number of ether oxygens (including phenoxy) is 1. The minimum absolute atomic E-state index is 0.0487.